The van der Waals surface area contributed by atoms with Crippen molar-refractivity contribution in [3.63, 3.8) is 0 Å². The molecule has 2 heterocycles. The minimum absolute atomic E-state index is 0.0342. The molecule has 1 aliphatic heterocycles. The minimum atomic E-state index is -3.04. The Labute approximate surface area is 125 Å². The molecular weight excluding hydrogens is 292 g/mol. The van der Waals surface area contributed by atoms with Gasteiger partial charge in [-0.3, -0.25) is 9.78 Å². The van der Waals surface area contributed by atoms with Crippen LogP contribution in [0, 0.1) is 6.92 Å². The van der Waals surface area contributed by atoms with E-state index in [4.69, 9.17) is 4.74 Å². The fourth-order valence-corrected chi connectivity index (χ4v) is 4.24. The van der Waals surface area contributed by atoms with Crippen molar-refractivity contribution in [2.75, 3.05) is 31.8 Å². The second-order valence-electron chi connectivity index (χ2n) is 5.23. The van der Waals surface area contributed by atoms with Crippen LogP contribution >= 0.6 is 0 Å². The number of ether oxygens (including phenoxy) is 1. The van der Waals surface area contributed by atoms with Gasteiger partial charge in [-0.05, 0) is 25.5 Å². The molecule has 1 aromatic rings. The Kier molecular flexibility index (Phi) is 4.95. The summed E-state index contributed by atoms with van der Waals surface area (Å²) in [7, 11) is -1.48. The summed E-state index contributed by atoms with van der Waals surface area (Å²) in [5, 5.41) is 0. The van der Waals surface area contributed by atoms with Crippen molar-refractivity contribution in [2.24, 2.45) is 0 Å². The molecule has 0 radical (unpaired) electrons. The van der Waals surface area contributed by atoms with Crippen molar-refractivity contribution in [3.8, 4) is 0 Å². The number of amides is 1. The van der Waals surface area contributed by atoms with Crippen molar-refractivity contribution in [3.05, 3.63) is 29.6 Å². The average molecular weight is 312 g/mol. The number of aryl methyl sites for hydroxylation is 1. The molecule has 1 amide bonds. The number of methoxy groups -OCH3 is 1. The standard InChI is InChI=1S/C14H20N2O4S/c1-11-9-12(3-5-15-11)14(17)16(6-7-20-2)13-4-8-21(18,19)10-13/h3,5,9,13H,4,6-8,10H2,1-2H3. The number of nitrogens with zero attached hydrogens (tertiary/aromatic N) is 2. The van der Waals surface area contributed by atoms with Crippen LogP contribution in [0.5, 0.6) is 0 Å². The second-order valence-corrected chi connectivity index (χ2v) is 7.46. The summed E-state index contributed by atoms with van der Waals surface area (Å²) in [4.78, 5) is 18.3. The highest BCUT2D eigenvalue weighted by Crippen LogP contribution is 2.20. The molecule has 7 heteroatoms. The first-order chi connectivity index (χ1) is 9.93. The lowest BCUT2D eigenvalue weighted by molar-refractivity contribution is 0.0624. The van der Waals surface area contributed by atoms with Gasteiger partial charge in [0.05, 0.1) is 18.1 Å². The number of aromatic nitrogens is 1. The van der Waals surface area contributed by atoms with E-state index in [0.717, 1.165) is 5.69 Å². The molecule has 1 saturated heterocycles. The van der Waals surface area contributed by atoms with Crippen LogP contribution in [0.1, 0.15) is 22.5 Å². The van der Waals surface area contributed by atoms with Crippen LogP contribution in [0.25, 0.3) is 0 Å². The molecule has 1 unspecified atom stereocenters. The molecule has 1 atom stereocenters. The number of sulfone groups is 1. The Hall–Kier alpha value is -1.47. The highest BCUT2D eigenvalue weighted by molar-refractivity contribution is 7.91. The van der Waals surface area contributed by atoms with Gasteiger partial charge >= 0.3 is 0 Å². The van der Waals surface area contributed by atoms with Crippen molar-refractivity contribution in [1.82, 2.24) is 9.88 Å². The first kappa shape index (κ1) is 15.9. The maximum absolute atomic E-state index is 12.6. The number of pyridine rings is 1. The lowest BCUT2D eigenvalue weighted by atomic mass is 10.1. The molecule has 21 heavy (non-hydrogen) atoms. The molecule has 0 aliphatic carbocycles. The van der Waals surface area contributed by atoms with Crippen LogP contribution < -0.4 is 0 Å². The van der Waals surface area contributed by atoms with Gasteiger partial charge < -0.3 is 9.64 Å². The summed E-state index contributed by atoms with van der Waals surface area (Å²) < 4.78 is 28.3. The Balaban J connectivity index is 2.21. The van der Waals surface area contributed by atoms with Crippen LogP contribution in [0.2, 0.25) is 0 Å². The van der Waals surface area contributed by atoms with Gasteiger partial charge in [-0.25, -0.2) is 8.42 Å². The largest absolute Gasteiger partial charge is 0.383 e. The summed E-state index contributed by atoms with van der Waals surface area (Å²) in [6, 6.07) is 3.09. The SMILES string of the molecule is COCCN(C(=O)c1ccnc(C)c1)C1CCS(=O)(=O)C1. The quantitative estimate of drug-likeness (QED) is 0.798. The van der Waals surface area contributed by atoms with Crippen LogP contribution in [0.15, 0.2) is 18.3 Å². The lowest BCUT2D eigenvalue weighted by Gasteiger charge is -2.28. The monoisotopic (exact) mass is 312 g/mol. The van der Waals surface area contributed by atoms with Gasteiger partial charge in [0.15, 0.2) is 9.84 Å². The van der Waals surface area contributed by atoms with Gasteiger partial charge in [0.25, 0.3) is 5.91 Å². The van der Waals surface area contributed by atoms with Crippen LogP contribution in [0.3, 0.4) is 0 Å². The predicted octanol–water partition coefficient (Wildman–Crippen LogP) is 0.666. The van der Waals surface area contributed by atoms with E-state index in [0.29, 0.717) is 25.1 Å². The summed E-state index contributed by atoms with van der Waals surface area (Å²) >= 11 is 0. The van der Waals surface area contributed by atoms with Gasteiger partial charge in [-0.1, -0.05) is 0 Å². The average Bonchev–Trinajstić information content (AvgIpc) is 2.79. The third-order valence-electron chi connectivity index (χ3n) is 3.59. The number of hydrogen-bond acceptors (Lipinski definition) is 5. The van der Waals surface area contributed by atoms with E-state index in [2.05, 4.69) is 4.98 Å². The molecule has 0 bridgehead atoms. The van der Waals surface area contributed by atoms with E-state index in [9.17, 15) is 13.2 Å². The normalized spacial score (nSPS) is 20.4. The summed E-state index contributed by atoms with van der Waals surface area (Å²) in [6.45, 7) is 2.58. The maximum atomic E-state index is 12.6. The highest BCUT2D eigenvalue weighted by Gasteiger charge is 2.34. The van der Waals surface area contributed by atoms with E-state index in [1.165, 1.54) is 0 Å². The van der Waals surface area contributed by atoms with E-state index in [-0.39, 0.29) is 23.5 Å². The fraction of sp³-hybridized carbons (Fsp3) is 0.571. The molecule has 116 valence electrons. The van der Waals surface area contributed by atoms with Gasteiger partial charge in [0.2, 0.25) is 0 Å². The maximum Gasteiger partial charge on any atom is 0.254 e. The molecule has 0 saturated carbocycles. The predicted molar refractivity (Wildman–Crippen MR) is 78.9 cm³/mol. The van der Waals surface area contributed by atoms with E-state index in [1.54, 1.807) is 30.3 Å². The third kappa shape index (κ3) is 4.01. The number of carbonyl (C=O) groups is 1. The zero-order valence-corrected chi connectivity index (χ0v) is 13.1. The third-order valence-corrected chi connectivity index (χ3v) is 5.34. The van der Waals surface area contributed by atoms with E-state index < -0.39 is 9.84 Å². The Morgan fingerprint density at radius 2 is 2.29 bits per heavy atom. The van der Waals surface area contributed by atoms with Crippen molar-refractivity contribution in [2.45, 2.75) is 19.4 Å². The number of rotatable bonds is 5. The summed E-state index contributed by atoms with van der Waals surface area (Å²) in [5.41, 5.74) is 1.29. The van der Waals surface area contributed by atoms with E-state index >= 15 is 0 Å². The molecule has 1 aliphatic rings. The van der Waals surface area contributed by atoms with Gasteiger partial charge in [0, 0.05) is 37.2 Å². The highest BCUT2D eigenvalue weighted by atomic mass is 32.2. The molecule has 0 aromatic carbocycles. The first-order valence-electron chi connectivity index (χ1n) is 6.86. The Morgan fingerprint density at radius 1 is 1.52 bits per heavy atom. The van der Waals surface area contributed by atoms with Crippen molar-refractivity contribution < 1.29 is 17.9 Å². The van der Waals surface area contributed by atoms with Crippen LogP contribution in [0.4, 0.5) is 0 Å². The topological polar surface area (TPSA) is 76.6 Å². The number of hydrogen-bond donors (Lipinski definition) is 0. The van der Waals surface area contributed by atoms with Gasteiger partial charge in [-0.2, -0.15) is 0 Å². The molecule has 0 spiro atoms. The van der Waals surface area contributed by atoms with Crippen LogP contribution in [-0.2, 0) is 14.6 Å². The van der Waals surface area contributed by atoms with E-state index in [1.807, 2.05) is 6.92 Å². The molecule has 2 rings (SSSR count). The molecule has 6 nitrogen and oxygen atoms in total. The van der Waals surface area contributed by atoms with Gasteiger partial charge in [-0.15, -0.1) is 0 Å². The smallest absolute Gasteiger partial charge is 0.254 e. The Morgan fingerprint density at radius 3 is 2.86 bits per heavy atom. The molecule has 0 N–H and O–H groups in total. The zero-order valence-electron chi connectivity index (χ0n) is 12.3. The summed E-state index contributed by atoms with van der Waals surface area (Å²) in [6.07, 6.45) is 2.07. The van der Waals surface area contributed by atoms with Crippen LogP contribution in [-0.4, -0.2) is 62.0 Å². The molecule has 1 fully saturated rings. The first-order valence-corrected chi connectivity index (χ1v) is 8.68. The molecule has 1 aromatic heterocycles. The summed E-state index contributed by atoms with van der Waals surface area (Å²) in [5.74, 6) is 0.00992. The van der Waals surface area contributed by atoms with Crippen molar-refractivity contribution >= 4 is 15.7 Å². The zero-order chi connectivity index (χ0) is 15.5. The second kappa shape index (κ2) is 6.53. The van der Waals surface area contributed by atoms with Gasteiger partial charge in [0.1, 0.15) is 0 Å². The number of carbonyl (C=O) groups excluding carboxylic acids is 1. The Bertz CT molecular complexity index is 615. The minimum Gasteiger partial charge on any atom is -0.383 e. The van der Waals surface area contributed by atoms with Crippen molar-refractivity contribution in [1.29, 1.82) is 0 Å². The molecular formula is C14H20N2O4S. The fourth-order valence-electron chi connectivity index (χ4n) is 2.51. The lowest BCUT2D eigenvalue weighted by Crippen LogP contribution is -2.43.